The SMILES string of the molecule is O=C(COc1ccc(S(=O)(=O)NCc2ccccc2)cc1Cl)Nc1cc(Cl)cc(Cl)c1. The first-order valence-electron chi connectivity index (χ1n) is 8.95. The van der Waals surface area contributed by atoms with Gasteiger partial charge in [-0.25, -0.2) is 13.1 Å². The Labute approximate surface area is 195 Å². The second-order valence-corrected chi connectivity index (χ2v) is 9.44. The number of rotatable bonds is 8. The molecule has 162 valence electrons. The summed E-state index contributed by atoms with van der Waals surface area (Å²) in [7, 11) is -3.77. The Morgan fingerprint density at radius 2 is 1.58 bits per heavy atom. The van der Waals surface area contributed by atoms with Crippen LogP contribution in [0.3, 0.4) is 0 Å². The molecule has 3 aromatic carbocycles. The van der Waals surface area contributed by atoms with Gasteiger partial charge in [0.1, 0.15) is 5.75 Å². The molecule has 6 nitrogen and oxygen atoms in total. The molecule has 0 saturated heterocycles. The summed E-state index contributed by atoms with van der Waals surface area (Å²) in [6.07, 6.45) is 0. The van der Waals surface area contributed by atoms with Crippen molar-refractivity contribution >= 4 is 56.4 Å². The average Bonchev–Trinajstić information content (AvgIpc) is 2.71. The van der Waals surface area contributed by atoms with Crippen molar-refractivity contribution in [3.8, 4) is 5.75 Å². The molecule has 0 fully saturated rings. The first-order chi connectivity index (χ1) is 14.7. The minimum absolute atomic E-state index is 0.0150. The number of sulfonamides is 1. The molecule has 31 heavy (non-hydrogen) atoms. The summed E-state index contributed by atoms with van der Waals surface area (Å²) >= 11 is 17.9. The van der Waals surface area contributed by atoms with Gasteiger partial charge >= 0.3 is 0 Å². The lowest BCUT2D eigenvalue weighted by Crippen LogP contribution is -2.23. The predicted octanol–water partition coefficient (Wildman–Crippen LogP) is 5.14. The Morgan fingerprint density at radius 3 is 2.23 bits per heavy atom. The monoisotopic (exact) mass is 498 g/mol. The van der Waals surface area contributed by atoms with Crippen LogP contribution in [0.25, 0.3) is 0 Å². The van der Waals surface area contributed by atoms with Gasteiger partial charge in [0.25, 0.3) is 5.91 Å². The van der Waals surface area contributed by atoms with Gasteiger partial charge in [0.2, 0.25) is 10.0 Å². The molecule has 2 N–H and O–H groups in total. The summed E-state index contributed by atoms with van der Waals surface area (Å²) in [6.45, 7) is -0.199. The van der Waals surface area contributed by atoms with Crippen LogP contribution in [0.1, 0.15) is 5.56 Å². The third-order valence-corrected chi connectivity index (χ3v) is 6.16. The molecule has 0 aromatic heterocycles. The van der Waals surface area contributed by atoms with Crippen molar-refractivity contribution in [2.24, 2.45) is 0 Å². The zero-order valence-electron chi connectivity index (χ0n) is 15.9. The van der Waals surface area contributed by atoms with E-state index in [0.717, 1.165) is 5.56 Å². The van der Waals surface area contributed by atoms with Crippen LogP contribution in [0, 0.1) is 0 Å². The number of ether oxygens (including phenoxy) is 1. The summed E-state index contributed by atoms with van der Waals surface area (Å²) in [6, 6.07) is 17.8. The van der Waals surface area contributed by atoms with E-state index in [1.54, 1.807) is 18.2 Å². The number of carbonyl (C=O) groups excluding carboxylic acids is 1. The van der Waals surface area contributed by atoms with Crippen molar-refractivity contribution in [3.63, 3.8) is 0 Å². The molecule has 0 atom stereocenters. The molecule has 0 saturated carbocycles. The minimum atomic E-state index is -3.77. The highest BCUT2D eigenvalue weighted by Gasteiger charge is 2.16. The van der Waals surface area contributed by atoms with E-state index in [9.17, 15) is 13.2 Å². The zero-order valence-corrected chi connectivity index (χ0v) is 19.0. The van der Waals surface area contributed by atoms with Gasteiger partial charge in [-0.05, 0) is 42.0 Å². The van der Waals surface area contributed by atoms with E-state index in [4.69, 9.17) is 39.5 Å². The highest BCUT2D eigenvalue weighted by Crippen LogP contribution is 2.28. The summed E-state index contributed by atoms with van der Waals surface area (Å²) in [5.41, 5.74) is 1.24. The lowest BCUT2D eigenvalue weighted by molar-refractivity contribution is -0.118. The largest absolute Gasteiger partial charge is 0.482 e. The van der Waals surface area contributed by atoms with E-state index in [1.165, 1.54) is 18.2 Å². The number of hydrogen-bond acceptors (Lipinski definition) is 4. The second kappa shape index (κ2) is 10.3. The van der Waals surface area contributed by atoms with Crippen molar-refractivity contribution < 1.29 is 17.9 Å². The number of halogens is 3. The summed E-state index contributed by atoms with van der Waals surface area (Å²) in [5, 5.41) is 3.41. The molecule has 3 rings (SSSR count). The van der Waals surface area contributed by atoms with Crippen molar-refractivity contribution in [1.82, 2.24) is 4.72 Å². The van der Waals surface area contributed by atoms with Crippen LogP contribution in [0.2, 0.25) is 15.1 Å². The zero-order chi connectivity index (χ0) is 22.4. The summed E-state index contributed by atoms with van der Waals surface area (Å²) < 4.78 is 32.9. The predicted molar refractivity (Wildman–Crippen MR) is 123 cm³/mol. The lowest BCUT2D eigenvalue weighted by Gasteiger charge is -2.11. The Bertz CT molecular complexity index is 1170. The van der Waals surface area contributed by atoms with Crippen LogP contribution in [0.15, 0.2) is 71.6 Å². The smallest absolute Gasteiger partial charge is 0.262 e. The van der Waals surface area contributed by atoms with Gasteiger partial charge in [0, 0.05) is 22.3 Å². The normalized spacial score (nSPS) is 11.2. The molecule has 0 spiro atoms. The summed E-state index contributed by atoms with van der Waals surface area (Å²) in [4.78, 5) is 12.1. The summed E-state index contributed by atoms with van der Waals surface area (Å²) in [5.74, 6) is -0.293. The van der Waals surface area contributed by atoms with Crippen LogP contribution >= 0.6 is 34.8 Å². The van der Waals surface area contributed by atoms with Crippen molar-refractivity contribution in [2.75, 3.05) is 11.9 Å². The van der Waals surface area contributed by atoms with Crippen LogP contribution < -0.4 is 14.8 Å². The molecule has 1 amide bonds. The Balaban J connectivity index is 1.60. The Morgan fingerprint density at radius 1 is 0.903 bits per heavy atom. The van der Waals surface area contributed by atoms with Gasteiger partial charge in [-0.15, -0.1) is 0 Å². The van der Waals surface area contributed by atoms with Gasteiger partial charge < -0.3 is 10.1 Å². The topological polar surface area (TPSA) is 84.5 Å². The van der Waals surface area contributed by atoms with Crippen molar-refractivity contribution in [2.45, 2.75) is 11.4 Å². The van der Waals surface area contributed by atoms with E-state index in [1.807, 2.05) is 30.3 Å². The standard InChI is InChI=1S/C21H17Cl3N2O4S/c22-15-8-16(23)10-17(9-15)26-21(27)13-30-20-7-6-18(11-19(20)24)31(28,29)25-12-14-4-2-1-3-5-14/h1-11,25H,12-13H2,(H,26,27). The molecule has 0 aliphatic carbocycles. The Hall–Kier alpha value is -2.29. The number of nitrogens with one attached hydrogen (secondary N) is 2. The third kappa shape index (κ3) is 6.85. The van der Waals surface area contributed by atoms with E-state index >= 15 is 0 Å². The maximum Gasteiger partial charge on any atom is 0.262 e. The molecular formula is C21H17Cl3N2O4S. The first kappa shape index (κ1) is 23.4. The quantitative estimate of drug-likeness (QED) is 0.449. The van der Waals surface area contributed by atoms with Crippen LogP contribution in [0.4, 0.5) is 5.69 Å². The van der Waals surface area contributed by atoms with E-state index in [2.05, 4.69) is 10.0 Å². The molecule has 0 bridgehead atoms. The highest BCUT2D eigenvalue weighted by atomic mass is 35.5. The molecule has 0 aliphatic rings. The maximum atomic E-state index is 12.5. The van der Waals surface area contributed by atoms with Crippen LogP contribution in [-0.4, -0.2) is 20.9 Å². The second-order valence-electron chi connectivity index (χ2n) is 6.40. The fraction of sp³-hybridized carbons (Fsp3) is 0.0952. The van der Waals surface area contributed by atoms with Crippen molar-refractivity contribution in [1.29, 1.82) is 0 Å². The molecule has 3 aromatic rings. The van der Waals surface area contributed by atoms with E-state index < -0.39 is 15.9 Å². The van der Waals surface area contributed by atoms with Gasteiger partial charge in [-0.1, -0.05) is 65.1 Å². The van der Waals surface area contributed by atoms with E-state index in [-0.39, 0.29) is 28.8 Å². The average molecular weight is 500 g/mol. The highest BCUT2D eigenvalue weighted by molar-refractivity contribution is 7.89. The lowest BCUT2D eigenvalue weighted by atomic mass is 10.2. The Kier molecular flexibility index (Phi) is 7.80. The third-order valence-electron chi connectivity index (χ3n) is 4.03. The van der Waals surface area contributed by atoms with Crippen LogP contribution in [0.5, 0.6) is 5.75 Å². The maximum absolute atomic E-state index is 12.5. The molecular weight excluding hydrogens is 483 g/mol. The number of anilines is 1. The molecule has 0 aliphatic heterocycles. The van der Waals surface area contributed by atoms with Gasteiger partial charge in [-0.3, -0.25) is 4.79 Å². The number of amides is 1. The number of hydrogen-bond donors (Lipinski definition) is 2. The van der Waals surface area contributed by atoms with E-state index in [0.29, 0.717) is 15.7 Å². The van der Waals surface area contributed by atoms with Crippen LogP contribution in [-0.2, 0) is 21.4 Å². The van der Waals surface area contributed by atoms with Crippen molar-refractivity contribution in [3.05, 3.63) is 87.4 Å². The number of benzene rings is 3. The molecule has 0 heterocycles. The van der Waals surface area contributed by atoms with Gasteiger partial charge in [0.15, 0.2) is 6.61 Å². The van der Waals surface area contributed by atoms with Gasteiger partial charge in [0.05, 0.1) is 9.92 Å². The molecule has 0 radical (unpaired) electrons. The first-order valence-corrected chi connectivity index (χ1v) is 11.6. The van der Waals surface area contributed by atoms with Gasteiger partial charge in [-0.2, -0.15) is 0 Å². The molecule has 10 heteroatoms. The minimum Gasteiger partial charge on any atom is -0.482 e. The fourth-order valence-corrected chi connectivity index (χ4v) is 4.46. The molecule has 0 unspecified atom stereocenters. The fourth-order valence-electron chi connectivity index (χ4n) is 2.59. The number of carbonyl (C=O) groups is 1.